The number of rotatable bonds is 12. The Bertz CT molecular complexity index is 879. The average Bonchev–Trinajstić information content (AvgIpc) is 2.85. The lowest BCUT2D eigenvalue weighted by Crippen LogP contribution is -2.41. The minimum atomic E-state index is -0.0214. The number of hydrogen-bond acceptors (Lipinski definition) is 4. The minimum Gasteiger partial charge on any atom is -0.493 e. The summed E-state index contributed by atoms with van der Waals surface area (Å²) in [6.45, 7) is 5.72. The maximum Gasteiger partial charge on any atom is 0.223 e. The fourth-order valence-corrected chi connectivity index (χ4v) is 4.16. The molecule has 3 rings (SSSR count). The number of hydrogen-bond donors (Lipinski definition) is 2. The van der Waals surface area contributed by atoms with Crippen LogP contribution in [0.1, 0.15) is 50.2 Å². The number of carbonyl (C=O) groups excluding carboxylic acids is 2. The molecule has 0 radical (unpaired) electrons. The molecule has 2 aromatic carbocycles. The van der Waals surface area contributed by atoms with Crippen LogP contribution in [0.3, 0.4) is 0 Å². The van der Waals surface area contributed by atoms with Crippen molar-refractivity contribution in [1.29, 1.82) is 0 Å². The predicted molar refractivity (Wildman–Crippen MR) is 134 cm³/mol. The molecule has 0 saturated carbocycles. The zero-order chi connectivity index (χ0) is 24.2. The standard InChI is InChI=1S/C28H38N2O4/c1-21-8-12-26(13-9-21)34-19-16-27(31)30-25(20-23-6-4-3-5-7-23)11-10-22(2)29-28(32)24-14-17-33-18-15-24/h3-9,12-13,22,24-25H,10-11,14-20H2,1-2H3,(H,29,32)(H,30,31). The summed E-state index contributed by atoms with van der Waals surface area (Å²) in [5.41, 5.74) is 2.36. The number of nitrogens with one attached hydrogen (secondary N) is 2. The summed E-state index contributed by atoms with van der Waals surface area (Å²) >= 11 is 0. The van der Waals surface area contributed by atoms with Gasteiger partial charge in [0.2, 0.25) is 11.8 Å². The van der Waals surface area contributed by atoms with Gasteiger partial charge in [-0.15, -0.1) is 0 Å². The fourth-order valence-electron chi connectivity index (χ4n) is 4.16. The highest BCUT2D eigenvalue weighted by Crippen LogP contribution is 2.16. The molecule has 184 valence electrons. The number of aryl methyl sites for hydroxylation is 1. The first-order valence-electron chi connectivity index (χ1n) is 12.4. The molecule has 2 atom stereocenters. The Labute approximate surface area is 203 Å². The largest absolute Gasteiger partial charge is 0.493 e. The van der Waals surface area contributed by atoms with Crippen LogP contribution in [0.5, 0.6) is 5.75 Å². The van der Waals surface area contributed by atoms with Crippen LogP contribution >= 0.6 is 0 Å². The number of ether oxygens (including phenoxy) is 2. The van der Waals surface area contributed by atoms with Gasteiger partial charge in [-0.3, -0.25) is 9.59 Å². The van der Waals surface area contributed by atoms with Crippen LogP contribution in [0, 0.1) is 12.8 Å². The molecule has 1 heterocycles. The van der Waals surface area contributed by atoms with Gasteiger partial charge in [-0.25, -0.2) is 0 Å². The van der Waals surface area contributed by atoms with E-state index in [-0.39, 0.29) is 29.8 Å². The highest BCUT2D eigenvalue weighted by molar-refractivity contribution is 5.79. The van der Waals surface area contributed by atoms with Crippen molar-refractivity contribution in [2.45, 2.75) is 64.5 Å². The molecule has 6 nitrogen and oxygen atoms in total. The summed E-state index contributed by atoms with van der Waals surface area (Å²) < 4.78 is 11.1. The number of amides is 2. The summed E-state index contributed by atoms with van der Waals surface area (Å²) in [4.78, 5) is 25.2. The summed E-state index contributed by atoms with van der Waals surface area (Å²) in [5.74, 6) is 0.914. The lowest BCUT2D eigenvalue weighted by atomic mass is 9.97. The molecule has 2 unspecified atom stereocenters. The van der Waals surface area contributed by atoms with Crippen molar-refractivity contribution in [1.82, 2.24) is 10.6 Å². The van der Waals surface area contributed by atoms with Crippen LogP contribution in [-0.4, -0.2) is 43.7 Å². The normalized spacial score (nSPS) is 15.8. The van der Waals surface area contributed by atoms with E-state index in [4.69, 9.17) is 9.47 Å². The van der Waals surface area contributed by atoms with E-state index in [0.717, 1.165) is 37.9 Å². The number of benzene rings is 2. The van der Waals surface area contributed by atoms with Gasteiger partial charge in [0.25, 0.3) is 0 Å². The molecule has 1 fully saturated rings. The first-order chi connectivity index (χ1) is 16.5. The SMILES string of the molecule is Cc1ccc(OCCC(=O)NC(CCC(C)NC(=O)C2CCOCC2)Cc2ccccc2)cc1. The third-order valence-electron chi connectivity index (χ3n) is 6.24. The van der Waals surface area contributed by atoms with Crippen LogP contribution in [0.15, 0.2) is 54.6 Å². The quantitative estimate of drug-likeness (QED) is 0.491. The highest BCUT2D eigenvalue weighted by atomic mass is 16.5. The highest BCUT2D eigenvalue weighted by Gasteiger charge is 2.23. The molecule has 2 N–H and O–H groups in total. The number of carbonyl (C=O) groups is 2. The van der Waals surface area contributed by atoms with Gasteiger partial charge >= 0.3 is 0 Å². The topological polar surface area (TPSA) is 76.7 Å². The first kappa shape index (κ1) is 25.8. The van der Waals surface area contributed by atoms with E-state index < -0.39 is 0 Å². The van der Waals surface area contributed by atoms with Crippen LogP contribution in [-0.2, 0) is 20.7 Å². The third-order valence-corrected chi connectivity index (χ3v) is 6.24. The molecule has 2 aromatic rings. The van der Waals surface area contributed by atoms with Gasteiger partial charge < -0.3 is 20.1 Å². The summed E-state index contributed by atoms with van der Waals surface area (Å²) in [7, 11) is 0. The van der Waals surface area contributed by atoms with E-state index in [0.29, 0.717) is 26.2 Å². The molecule has 0 aliphatic carbocycles. The fraction of sp³-hybridized carbons (Fsp3) is 0.500. The van der Waals surface area contributed by atoms with E-state index in [2.05, 4.69) is 22.8 Å². The zero-order valence-electron chi connectivity index (χ0n) is 20.4. The Morgan fingerprint density at radius 2 is 1.71 bits per heavy atom. The van der Waals surface area contributed by atoms with Crippen molar-refractivity contribution in [3.8, 4) is 5.75 Å². The van der Waals surface area contributed by atoms with Crippen molar-refractivity contribution < 1.29 is 19.1 Å². The summed E-state index contributed by atoms with van der Waals surface area (Å²) in [6.07, 6.45) is 4.22. The molecule has 34 heavy (non-hydrogen) atoms. The maximum atomic E-state index is 12.6. The second kappa shape index (κ2) is 13.8. The summed E-state index contributed by atoms with van der Waals surface area (Å²) in [6, 6.07) is 18.1. The van der Waals surface area contributed by atoms with Gasteiger partial charge in [0.15, 0.2) is 0 Å². The molecule has 0 spiro atoms. The third kappa shape index (κ3) is 9.18. The van der Waals surface area contributed by atoms with Crippen LogP contribution in [0.25, 0.3) is 0 Å². The maximum absolute atomic E-state index is 12.6. The Morgan fingerprint density at radius 1 is 1.00 bits per heavy atom. The molecule has 2 amide bonds. The van der Waals surface area contributed by atoms with Crippen molar-refractivity contribution in [2.24, 2.45) is 5.92 Å². The van der Waals surface area contributed by atoms with E-state index in [1.54, 1.807) is 0 Å². The van der Waals surface area contributed by atoms with Gasteiger partial charge in [-0.2, -0.15) is 0 Å². The van der Waals surface area contributed by atoms with Gasteiger partial charge in [0.1, 0.15) is 5.75 Å². The molecule has 0 bridgehead atoms. The second-order valence-corrected chi connectivity index (χ2v) is 9.24. The van der Waals surface area contributed by atoms with Gasteiger partial charge in [-0.05, 0) is 63.6 Å². The molecule has 1 saturated heterocycles. The van der Waals surface area contributed by atoms with Crippen molar-refractivity contribution >= 4 is 11.8 Å². The monoisotopic (exact) mass is 466 g/mol. The van der Waals surface area contributed by atoms with Crippen LogP contribution < -0.4 is 15.4 Å². The molecular formula is C28H38N2O4. The Morgan fingerprint density at radius 3 is 2.41 bits per heavy atom. The van der Waals surface area contributed by atoms with E-state index in [1.165, 1.54) is 11.1 Å². The second-order valence-electron chi connectivity index (χ2n) is 9.24. The average molecular weight is 467 g/mol. The predicted octanol–water partition coefficient (Wildman–Crippen LogP) is 4.20. The minimum absolute atomic E-state index is 0.00305. The lowest BCUT2D eigenvalue weighted by molar-refractivity contribution is -0.128. The van der Waals surface area contributed by atoms with Gasteiger partial charge in [0.05, 0.1) is 13.0 Å². The Hall–Kier alpha value is -2.86. The smallest absolute Gasteiger partial charge is 0.223 e. The van der Waals surface area contributed by atoms with Crippen molar-refractivity contribution in [3.05, 3.63) is 65.7 Å². The molecule has 0 aromatic heterocycles. The van der Waals surface area contributed by atoms with Gasteiger partial charge in [0, 0.05) is 31.2 Å². The Balaban J connectivity index is 1.47. The molecule has 1 aliphatic heterocycles. The lowest BCUT2D eigenvalue weighted by Gasteiger charge is -2.25. The zero-order valence-corrected chi connectivity index (χ0v) is 20.4. The molecular weight excluding hydrogens is 428 g/mol. The van der Waals surface area contributed by atoms with Crippen molar-refractivity contribution in [2.75, 3.05) is 19.8 Å². The Kier molecular flexibility index (Phi) is 10.4. The van der Waals surface area contributed by atoms with E-state index in [1.807, 2.05) is 56.3 Å². The van der Waals surface area contributed by atoms with E-state index >= 15 is 0 Å². The van der Waals surface area contributed by atoms with Gasteiger partial charge in [-0.1, -0.05) is 48.0 Å². The molecule has 6 heteroatoms. The van der Waals surface area contributed by atoms with Crippen molar-refractivity contribution in [3.63, 3.8) is 0 Å². The summed E-state index contributed by atoms with van der Waals surface area (Å²) in [5, 5.41) is 6.34. The first-order valence-corrected chi connectivity index (χ1v) is 12.4. The van der Waals surface area contributed by atoms with Crippen LogP contribution in [0.4, 0.5) is 0 Å². The van der Waals surface area contributed by atoms with Crippen LogP contribution in [0.2, 0.25) is 0 Å². The molecule has 1 aliphatic rings. The van der Waals surface area contributed by atoms with E-state index in [9.17, 15) is 9.59 Å².